The van der Waals surface area contributed by atoms with Gasteiger partial charge in [-0.1, -0.05) is 120 Å². The summed E-state index contributed by atoms with van der Waals surface area (Å²) < 4.78 is 3.96. The lowest BCUT2D eigenvalue weighted by molar-refractivity contribution is 0.450. The van der Waals surface area contributed by atoms with E-state index in [1.165, 1.54) is 5.56 Å². The van der Waals surface area contributed by atoms with Crippen LogP contribution in [0, 0.1) is 6.92 Å². The van der Waals surface area contributed by atoms with Gasteiger partial charge in [-0.25, -0.2) is 4.68 Å². The Balaban J connectivity index is 1.68. The van der Waals surface area contributed by atoms with Crippen molar-refractivity contribution in [1.29, 1.82) is 0 Å². The summed E-state index contributed by atoms with van der Waals surface area (Å²) in [7, 11) is 0. The Morgan fingerprint density at radius 1 is 0.676 bits per heavy atom. The molecule has 0 fully saturated rings. The number of aryl methyl sites for hydroxylation is 1. The van der Waals surface area contributed by atoms with Gasteiger partial charge < -0.3 is 4.57 Å². The van der Waals surface area contributed by atoms with Crippen LogP contribution in [-0.4, -0.2) is 24.8 Å². The molecule has 0 aliphatic rings. The van der Waals surface area contributed by atoms with Crippen LogP contribution < -0.4 is 0 Å². The maximum atomic E-state index is 6.58. The minimum absolute atomic E-state index is 0.601. The number of aromatic nitrogens is 5. The largest absolute Gasteiger partial charge is 0.312 e. The Bertz CT molecular complexity index is 1530. The van der Waals surface area contributed by atoms with E-state index in [-0.39, 0.29) is 0 Å². The van der Waals surface area contributed by atoms with Gasteiger partial charge in [-0.3, -0.25) is 0 Å². The number of rotatable bonds is 6. The molecule has 4 aromatic carbocycles. The average molecular weight is 502 g/mol. The van der Waals surface area contributed by atoms with Crippen molar-refractivity contribution in [3.63, 3.8) is 0 Å². The third kappa shape index (κ3) is 3.94. The van der Waals surface area contributed by atoms with Crippen molar-refractivity contribution in [2.75, 3.05) is 0 Å². The van der Waals surface area contributed by atoms with E-state index in [9.17, 15) is 0 Å². The van der Waals surface area contributed by atoms with Crippen molar-refractivity contribution in [3.8, 4) is 17.2 Å². The number of benzene rings is 4. The standard InChI is InChI=1S/C31H24ClN5/c1-23-17-19-28(20-18-23)36-22-27(32)21-29(36)30-33-34-35-37(30)31(24-11-5-2-6-12-24,25-13-7-3-8-14-25)26-15-9-4-10-16-26/h2-22H,1H3. The van der Waals surface area contributed by atoms with Gasteiger partial charge in [0, 0.05) is 11.9 Å². The van der Waals surface area contributed by atoms with E-state index in [0.717, 1.165) is 28.1 Å². The molecule has 0 saturated carbocycles. The molecule has 6 heteroatoms. The molecule has 5 nitrogen and oxygen atoms in total. The first-order valence-corrected chi connectivity index (χ1v) is 12.5. The highest BCUT2D eigenvalue weighted by Crippen LogP contribution is 2.42. The molecule has 37 heavy (non-hydrogen) atoms. The molecule has 2 aromatic heterocycles. The van der Waals surface area contributed by atoms with Crippen LogP contribution in [0.4, 0.5) is 0 Å². The Hall–Kier alpha value is -4.48. The fraction of sp³-hybridized carbons (Fsp3) is 0.0645. The highest BCUT2D eigenvalue weighted by Gasteiger charge is 2.42. The lowest BCUT2D eigenvalue weighted by Crippen LogP contribution is -2.39. The zero-order valence-corrected chi connectivity index (χ0v) is 21.0. The van der Waals surface area contributed by atoms with Crippen molar-refractivity contribution < 1.29 is 0 Å². The third-order valence-electron chi connectivity index (χ3n) is 6.69. The molecule has 0 amide bonds. The van der Waals surface area contributed by atoms with E-state index in [1.807, 2.05) is 76.1 Å². The number of halogens is 1. The van der Waals surface area contributed by atoms with Crippen molar-refractivity contribution >= 4 is 11.6 Å². The second-order valence-corrected chi connectivity index (χ2v) is 9.41. The third-order valence-corrected chi connectivity index (χ3v) is 6.90. The summed E-state index contributed by atoms with van der Waals surface area (Å²) in [4.78, 5) is 0. The molecule has 0 saturated heterocycles. The Labute approximate surface area is 220 Å². The van der Waals surface area contributed by atoms with E-state index in [4.69, 9.17) is 11.6 Å². The van der Waals surface area contributed by atoms with Crippen molar-refractivity contribution in [3.05, 3.63) is 155 Å². The Kier molecular flexibility index (Phi) is 5.91. The van der Waals surface area contributed by atoms with Gasteiger partial charge in [0.05, 0.1) is 10.7 Å². The molecule has 180 valence electrons. The normalized spacial score (nSPS) is 11.5. The molecule has 2 heterocycles. The van der Waals surface area contributed by atoms with Gasteiger partial charge in [-0.2, -0.15) is 0 Å². The first kappa shape index (κ1) is 23.0. The highest BCUT2D eigenvalue weighted by atomic mass is 35.5. The predicted molar refractivity (Wildman–Crippen MR) is 147 cm³/mol. The summed E-state index contributed by atoms with van der Waals surface area (Å²) in [6, 6.07) is 41.3. The summed E-state index contributed by atoms with van der Waals surface area (Å²) in [6.07, 6.45) is 1.90. The molecule has 0 spiro atoms. The molecule has 0 aliphatic carbocycles. The number of hydrogen-bond donors (Lipinski definition) is 0. The van der Waals surface area contributed by atoms with Crippen LogP contribution in [0.2, 0.25) is 5.02 Å². The van der Waals surface area contributed by atoms with Gasteiger partial charge in [-0.05, 0) is 52.2 Å². The van der Waals surface area contributed by atoms with Gasteiger partial charge in [0.2, 0.25) is 5.82 Å². The second-order valence-electron chi connectivity index (χ2n) is 8.97. The molecule has 0 unspecified atom stereocenters. The maximum Gasteiger partial charge on any atom is 0.200 e. The number of hydrogen-bond acceptors (Lipinski definition) is 3. The van der Waals surface area contributed by atoms with E-state index in [1.54, 1.807) is 0 Å². The van der Waals surface area contributed by atoms with Gasteiger partial charge in [0.25, 0.3) is 0 Å². The zero-order valence-electron chi connectivity index (χ0n) is 20.2. The Morgan fingerprint density at radius 2 is 1.19 bits per heavy atom. The van der Waals surface area contributed by atoms with Crippen molar-refractivity contribution in [2.45, 2.75) is 12.5 Å². The van der Waals surface area contributed by atoms with Crippen LogP contribution in [0.5, 0.6) is 0 Å². The van der Waals surface area contributed by atoms with Crippen LogP contribution in [0.3, 0.4) is 0 Å². The van der Waals surface area contributed by atoms with E-state index < -0.39 is 5.54 Å². The minimum Gasteiger partial charge on any atom is -0.312 e. The minimum atomic E-state index is -0.836. The van der Waals surface area contributed by atoms with Crippen molar-refractivity contribution in [1.82, 2.24) is 24.8 Å². The fourth-order valence-electron chi connectivity index (χ4n) is 5.00. The molecule has 0 N–H and O–H groups in total. The van der Waals surface area contributed by atoms with Crippen molar-refractivity contribution in [2.24, 2.45) is 0 Å². The quantitative estimate of drug-likeness (QED) is 0.232. The molecule has 0 radical (unpaired) electrons. The summed E-state index contributed by atoms with van der Waals surface area (Å²) in [5, 5.41) is 14.0. The molecule has 0 bridgehead atoms. The summed E-state index contributed by atoms with van der Waals surface area (Å²) in [5.41, 5.74) is 5.25. The smallest absolute Gasteiger partial charge is 0.200 e. The monoisotopic (exact) mass is 501 g/mol. The SMILES string of the molecule is Cc1ccc(-n2cc(Cl)cc2-c2nnnn2C(c2ccccc2)(c2ccccc2)c2ccccc2)cc1. The van der Waals surface area contributed by atoms with Crippen LogP contribution >= 0.6 is 11.6 Å². The molecular formula is C31H24ClN5. The van der Waals surface area contributed by atoms with Gasteiger partial charge >= 0.3 is 0 Å². The van der Waals surface area contributed by atoms with Crippen LogP contribution in [0.25, 0.3) is 17.2 Å². The van der Waals surface area contributed by atoms with E-state index in [0.29, 0.717) is 10.8 Å². The van der Waals surface area contributed by atoms with Crippen LogP contribution in [0.15, 0.2) is 128 Å². The molecule has 6 aromatic rings. The number of nitrogens with zero attached hydrogens (tertiary/aromatic N) is 5. The molecule has 0 aliphatic heterocycles. The maximum absolute atomic E-state index is 6.58. The molecule has 6 rings (SSSR count). The lowest BCUT2D eigenvalue weighted by atomic mass is 9.77. The number of tetrazole rings is 1. The molecular weight excluding hydrogens is 478 g/mol. The molecule has 0 atom stereocenters. The summed E-state index contributed by atoms with van der Waals surface area (Å²) in [6.45, 7) is 2.07. The van der Waals surface area contributed by atoms with E-state index >= 15 is 0 Å². The topological polar surface area (TPSA) is 48.5 Å². The van der Waals surface area contributed by atoms with E-state index in [2.05, 4.69) is 83.1 Å². The second kappa shape index (κ2) is 9.52. The van der Waals surface area contributed by atoms with Gasteiger partial charge in [0.1, 0.15) is 5.54 Å². The van der Waals surface area contributed by atoms with Gasteiger partial charge in [0.15, 0.2) is 0 Å². The van der Waals surface area contributed by atoms with Crippen LogP contribution in [-0.2, 0) is 5.54 Å². The zero-order chi connectivity index (χ0) is 25.2. The van der Waals surface area contributed by atoms with Crippen LogP contribution in [0.1, 0.15) is 22.3 Å². The first-order valence-electron chi connectivity index (χ1n) is 12.1. The highest BCUT2D eigenvalue weighted by molar-refractivity contribution is 6.30. The summed E-state index contributed by atoms with van der Waals surface area (Å²) in [5.74, 6) is 0.601. The average Bonchev–Trinajstić information content (AvgIpc) is 3.58. The Morgan fingerprint density at radius 3 is 1.70 bits per heavy atom. The fourth-order valence-corrected chi connectivity index (χ4v) is 5.20. The lowest BCUT2D eigenvalue weighted by Gasteiger charge is -2.36. The summed E-state index contributed by atoms with van der Waals surface area (Å²) >= 11 is 6.58. The van der Waals surface area contributed by atoms with Gasteiger partial charge in [-0.15, -0.1) is 5.10 Å². The first-order chi connectivity index (χ1) is 18.2. The predicted octanol–water partition coefficient (Wildman–Crippen LogP) is 6.93.